The molecule has 1 heterocycles. The van der Waals surface area contributed by atoms with Gasteiger partial charge in [0.05, 0.1) is 19.9 Å². The van der Waals surface area contributed by atoms with Gasteiger partial charge < -0.3 is 14.6 Å². The molecule has 170 valence electrons. The molecule has 2 atom stereocenters. The highest BCUT2D eigenvalue weighted by molar-refractivity contribution is 6.07. The average molecular weight is 431 g/mol. The lowest BCUT2D eigenvalue weighted by molar-refractivity contribution is -0.139. The van der Waals surface area contributed by atoms with Gasteiger partial charge in [0.1, 0.15) is 0 Å². The fourth-order valence-corrected chi connectivity index (χ4v) is 4.69. The lowest BCUT2D eigenvalue weighted by Crippen LogP contribution is -2.46. The summed E-state index contributed by atoms with van der Waals surface area (Å²) in [5.74, 6) is 0.924. The maximum absolute atomic E-state index is 13.1. The maximum atomic E-state index is 13.1. The fraction of sp³-hybridized carbons (Fsp3) is 0.625. The van der Waals surface area contributed by atoms with Crippen LogP contribution in [0.15, 0.2) is 23.3 Å². The van der Waals surface area contributed by atoms with Crippen LogP contribution in [0.3, 0.4) is 0 Å². The quantitative estimate of drug-likeness (QED) is 0.523. The van der Waals surface area contributed by atoms with Gasteiger partial charge in [-0.05, 0) is 43.9 Å². The van der Waals surface area contributed by atoms with Crippen LogP contribution in [0, 0.1) is 11.8 Å². The number of amides is 1. The second-order valence-electron chi connectivity index (χ2n) is 8.43. The summed E-state index contributed by atoms with van der Waals surface area (Å²) in [5, 5.41) is 15.2. The highest BCUT2D eigenvalue weighted by atomic mass is 16.5. The van der Waals surface area contributed by atoms with Crippen LogP contribution in [-0.2, 0) is 9.59 Å². The minimum absolute atomic E-state index is 0.00455. The van der Waals surface area contributed by atoms with Gasteiger partial charge in [-0.25, -0.2) is 5.01 Å². The van der Waals surface area contributed by atoms with Crippen LogP contribution in [-0.4, -0.2) is 48.5 Å². The molecule has 1 aromatic rings. The number of fused-ring (bicyclic) bond motifs is 1. The predicted molar refractivity (Wildman–Crippen MR) is 119 cm³/mol. The van der Waals surface area contributed by atoms with E-state index in [-0.39, 0.29) is 24.2 Å². The number of rotatable bonds is 11. The third-order valence-electron chi connectivity index (χ3n) is 6.36. The number of benzene rings is 1. The molecule has 0 spiro atoms. The summed E-state index contributed by atoms with van der Waals surface area (Å²) in [6, 6.07) is 5.86. The van der Waals surface area contributed by atoms with E-state index >= 15 is 0 Å². The lowest BCUT2D eigenvalue weighted by Gasteiger charge is -2.38. The van der Waals surface area contributed by atoms with Crippen molar-refractivity contribution in [1.82, 2.24) is 5.01 Å². The number of carbonyl (C=O) groups excluding carboxylic acids is 1. The van der Waals surface area contributed by atoms with Gasteiger partial charge in [0.2, 0.25) is 5.91 Å². The molecule has 0 radical (unpaired) electrons. The Hall–Kier alpha value is -2.57. The summed E-state index contributed by atoms with van der Waals surface area (Å²) in [4.78, 5) is 23.7. The molecule has 0 bridgehead atoms. The second-order valence-corrected chi connectivity index (χ2v) is 8.43. The van der Waals surface area contributed by atoms with Gasteiger partial charge in [-0.15, -0.1) is 0 Å². The van der Waals surface area contributed by atoms with Crippen molar-refractivity contribution in [3.63, 3.8) is 0 Å². The molecule has 0 aromatic heterocycles. The van der Waals surface area contributed by atoms with E-state index in [1.54, 1.807) is 19.2 Å². The normalized spacial score (nSPS) is 20.8. The molecule has 31 heavy (non-hydrogen) atoms. The van der Waals surface area contributed by atoms with E-state index in [0.717, 1.165) is 62.6 Å². The molecule has 1 amide bonds. The van der Waals surface area contributed by atoms with Crippen molar-refractivity contribution in [2.24, 2.45) is 16.9 Å². The number of hydrazone groups is 1. The van der Waals surface area contributed by atoms with Gasteiger partial charge in [-0.1, -0.05) is 32.1 Å². The van der Waals surface area contributed by atoms with Crippen LogP contribution >= 0.6 is 0 Å². The van der Waals surface area contributed by atoms with Gasteiger partial charge in [0.25, 0.3) is 0 Å². The highest BCUT2D eigenvalue weighted by Gasteiger charge is 2.41. The molecule has 2 aliphatic rings. The highest BCUT2D eigenvalue weighted by Crippen LogP contribution is 2.39. The molecule has 1 aliphatic heterocycles. The third-order valence-corrected chi connectivity index (χ3v) is 6.36. The number of methoxy groups -OCH3 is 2. The minimum Gasteiger partial charge on any atom is -0.493 e. The van der Waals surface area contributed by atoms with Crippen LogP contribution < -0.4 is 9.47 Å². The number of carboxylic acids is 1. The number of hydrogen-bond donors (Lipinski definition) is 1. The first-order valence-corrected chi connectivity index (χ1v) is 11.4. The molecule has 7 nitrogen and oxygen atoms in total. The zero-order valence-electron chi connectivity index (χ0n) is 18.6. The van der Waals surface area contributed by atoms with E-state index in [4.69, 9.17) is 19.7 Å². The van der Waals surface area contributed by atoms with Gasteiger partial charge in [0, 0.05) is 30.4 Å². The fourth-order valence-electron chi connectivity index (χ4n) is 4.69. The van der Waals surface area contributed by atoms with E-state index in [1.807, 2.05) is 18.2 Å². The summed E-state index contributed by atoms with van der Waals surface area (Å²) in [6.45, 7) is 0.609. The van der Waals surface area contributed by atoms with Gasteiger partial charge in [0.15, 0.2) is 11.5 Å². The first-order chi connectivity index (χ1) is 15.0. The molecular formula is C24H34N2O5. The molecule has 7 heteroatoms. The van der Waals surface area contributed by atoms with Crippen molar-refractivity contribution < 1.29 is 24.2 Å². The van der Waals surface area contributed by atoms with Crippen LogP contribution in [0.1, 0.15) is 69.8 Å². The topological polar surface area (TPSA) is 88.4 Å². The molecule has 1 N–H and O–H groups in total. The first kappa shape index (κ1) is 23.1. The monoisotopic (exact) mass is 430 g/mol. The molecule has 2 unspecified atom stereocenters. The van der Waals surface area contributed by atoms with E-state index in [2.05, 4.69) is 0 Å². The number of aliphatic carboxylic acids is 1. The Morgan fingerprint density at radius 1 is 1.03 bits per heavy atom. The Kier molecular flexibility index (Phi) is 8.32. The van der Waals surface area contributed by atoms with Gasteiger partial charge in [-0.3, -0.25) is 9.59 Å². The molecule has 1 fully saturated rings. The summed E-state index contributed by atoms with van der Waals surface area (Å²) in [7, 11) is 3.24. The predicted octanol–water partition coefficient (Wildman–Crippen LogP) is 4.48. The number of nitrogens with zero attached hydrogens (tertiary/aromatic N) is 2. The summed E-state index contributed by atoms with van der Waals surface area (Å²) >= 11 is 0. The van der Waals surface area contributed by atoms with Crippen LogP contribution in [0.5, 0.6) is 11.5 Å². The molecule has 3 rings (SSSR count). The molecule has 1 aliphatic carbocycles. The molecular weight excluding hydrogens is 396 g/mol. The van der Waals surface area contributed by atoms with Crippen molar-refractivity contribution in [2.45, 2.75) is 64.2 Å². The van der Waals surface area contributed by atoms with E-state index in [9.17, 15) is 9.59 Å². The van der Waals surface area contributed by atoms with Gasteiger partial charge >= 0.3 is 5.97 Å². The zero-order chi connectivity index (χ0) is 22.2. The second kappa shape index (κ2) is 11.2. The summed E-state index contributed by atoms with van der Waals surface area (Å²) in [6.07, 6.45) is 8.79. The van der Waals surface area contributed by atoms with Crippen molar-refractivity contribution in [3.05, 3.63) is 23.8 Å². The lowest BCUT2D eigenvalue weighted by atomic mass is 9.73. The number of ether oxygens (including phenoxy) is 2. The standard InChI is InChI=1S/C24H34N2O5/c1-30-20-14-13-17(16-21(20)31-2)23-18-10-7-8-11-19(18)24(29)26(25-23)15-9-5-3-4-6-12-22(27)28/h13-14,16,18-19H,3-12,15H2,1-2H3,(H,27,28). The SMILES string of the molecule is COc1ccc(C2=NN(CCCCCCCC(=O)O)C(=O)C3CCCCC23)cc1OC. The smallest absolute Gasteiger partial charge is 0.303 e. The Morgan fingerprint density at radius 3 is 2.42 bits per heavy atom. The first-order valence-electron chi connectivity index (χ1n) is 11.4. The summed E-state index contributed by atoms with van der Waals surface area (Å²) < 4.78 is 10.8. The van der Waals surface area contributed by atoms with Crippen LogP contribution in [0.4, 0.5) is 0 Å². The Morgan fingerprint density at radius 2 is 1.71 bits per heavy atom. The van der Waals surface area contributed by atoms with Crippen molar-refractivity contribution in [3.8, 4) is 11.5 Å². The Balaban J connectivity index is 1.71. The van der Waals surface area contributed by atoms with Crippen molar-refractivity contribution in [1.29, 1.82) is 0 Å². The maximum Gasteiger partial charge on any atom is 0.303 e. The Bertz CT molecular complexity index is 807. The Labute approximate surface area is 184 Å². The largest absolute Gasteiger partial charge is 0.493 e. The molecule has 1 aromatic carbocycles. The van der Waals surface area contributed by atoms with Crippen molar-refractivity contribution in [2.75, 3.05) is 20.8 Å². The van der Waals surface area contributed by atoms with Crippen LogP contribution in [0.25, 0.3) is 0 Å². The minimum atomic E-state index is -0.738. The van der Waals surface area contributed by atoms with Crippen molar-refractivity contribution >= 4 is 17.6 Å². The van der Waals surface area contributed by atoms with E-state index < -0.39 is 5.97 Å². The number of unbranched alkanes of at least 4 members (excludes halogenated alkanes) is 4. The molecule has 0 saturated heterocycles. The number of carboxylic acid groups (broad SMARTS) is 1. The van der Waals surface area contributed by atoms with E-state index in [0.29, 0.717) is 24.5 Å². The third kappa shape index (κ3) is 5.77. The molecule has 1 saturated carbocycles. The van der Waals surface area contributed by atoms with E-state index in [1.165, 1.54) is 0 Å². The zero-order valence-corrected chi connectivity index (χ0v) is 18.6. The number of hydrogen-bond acceptors (Lipinski definition) is 5. The van der Waals surface area contributed by atoms with Crippen LogP contribution in [0.2, 0.25) is 0 Å². The summed E-state index contributed by atoms with van der Waals surface area (Å²) in [5.41, 5.74) is 1.97. The van der Waals surface area contributed by atoms with Gasteiger partial charge in [-0.2, -0.15) is 5.10 Å². The number of carbonyl (C=O) groups is 2. The average Bonchev–Trinajstić information content (AvgIpc) is 2.79.